The lowest BCUT2D eigenvalue weighted by molar-refractivity contribution is -0.113. The van der Waals surface area contributed by atoms with E-state index < -0.39 is 5.60 Å². The molecular formula is C17H34N2O. The second-order valence-electron chi connectivity index (χ2n) is 7.39. The maximum atomic E-state index is 11.4. The standard InChI is InChI=1S/C17H34N2O/c1-3-11-19-12-4-7-17(20,10-13-19)16(14-18)8-5-15(2)6-9-16/h15,20H,3-14,18H2,1-2H3. The number of hydrogen-bond acceptors (Lipinski definition) is 3. The Hall–Kier alpha value is -0.120. The smallest absolute Gasteiger partial charge is 0.0728 e. The van der Waals surface area contributed by atoms with Gasteiger partial charge in [-0.15, -0.1) is 0 Å². The third kappa shape index (κ3) is 3.20. The van der Waals surface area contributed by atoms with Crippen molar-refractivity contribution < 1.29 is 5.11 Å². The Labute approximate surface area is 124 Å². The minimum absolute atomic E-state index is 0.0122. The molecule has 1 aliphatic heterocycles. The Morgan fingerprint density at radius 2 is 1.85 bits per heavy atom. The monoisotopic (exact) mass is 282 g/mol. The highest BCUT2D eigenvalue weighted by Crippen LogP contribution is 2.49. The van der Waals surface area contributed by atoms with Crippen LogP contribution in [0.4, 0.5) is 0 Å². The zero-order valence-corrected chi connectivity index (χ0v) is 13.5. The molecule has 118 valence electrons. The van der Waals surface area contributed by atoms with Crippen LogP contribution in [0.5, 0.6) is 0 Å². The lowest BCUT2D eigenvalue weighted by Gasteiger charge is -2.50. The molecule has 0 spiro atoms. The molecule has 0 amide bonds. The first kappa shape index (κ1) is 16.3. The predicted molar refractivity (Wildman–Crippen MR) is 84.7 cm³/mol. The largest absolute Gasteiger partial charge is 0.389 e. The maximum absolute atomic E-state index is 11.4. The maximum Gasteiger partial charge on any atom is 0.0728 e. The van der Waals surface area contributed by atoms with Crippen molar-refractivity contribution >= 4 is 0 Å². The van der Waals surface area contributed by atoms with Gasteiger partial charge in [-0.05, 0) is 57.5 Å². The Balaban J connectivity index is 2.07. The number of hydrogen-bond donors (Lipinski definition) is 2. The molecule has 1 heterocycles. The van der Waals surface area contributed by atoms with Crippen LogP contribution in [-0.4, -0.2) is 41.8 Å². The van der Waals surface area contributed by atoms with Crippen LogP contribution >= 0.6 is 0 Å². The molecule has 2 aliphatic rings. The van der Waals surface area contributed by atoms with E-state index in [2.05, 4.69) is 18.7 Å². The van der Waals surface area contributed by atoms with E-state index in [1.807, 2.05) is 0 Å². The fraction of sp³-hybridized carbons (Fsp3) is 1.00. The fourth-order valence-electron chi connectivity index (χ4n) is 4.42. The van der Waals surface area contributed by atoms with Crippen molar-refractivity contribution in [2.75, 3.05) is 26.2 Å². The number of aliphatic hydroxyl groups is 1. The second-order valence-corrected chi connectivity index (χ2v) is 7.39. The van der Waals surface area contributed by atoms with E-state index in [1.165, 1.54) is 25.8 Å². The summed E-state index contributed by atoms with van der Waals surface area (Å²) in [7, 11) is 0. The summed E-state index contributed by atoms with van der Waals surface area (Å²) in [6, 6.07) is 0. The van der Waals surface area contributed by atoms with E-state index in [-0.39, 0.29) is 5.41 Å². The SMILES string of the molecule is CCCN1CCCC(O)(C2(CN)CCC(C)CC2)CC1. The first-order valence-corrected chi connectivity index (χ1v) is 8.70. The van der Waals surface area contributed by atoms with Gasteiger partial charge in [-0.25, -0.2) is 0 Å². The van der Waals surface area contributed by atoms with Crippen LogP contribution in [0, 0.1) is 11.3 Å². The van der Waals surface area contributed by atoms with Crippen LogP contribution < -0.4 is 5.73 Å². The van der Waals surface area contributed by atoms with E-state index in [9.17, 15) is 5.11 Å². The molecule has 2 fully saturated rings. The molecule has 0 bridgehead atoms. The lowest BCUT2D eigenvalue weighted by atomic mass is 9.59. The van der Waals surface area contributed by atoms with E-state index in [1.54, 1.807) is 0 Å². The van der Waals surface area contributed by atoms with Crippen LogP contribution in [-0.2, 0) is 0 Å². The molecular weight excluding hydrogens is 248 g/mol. The first-order valence-electron chi connectivity index (χ1n) is 8.70. The molecule has 20 heavy (non-hydrogen) atoms. The summed E-state index contributed by atoms with van der Waals surface area (Å²) in [5.74, 6) is 0.806. The summed E-state index contributed by atoms with van der Waals surface area (Å²) in [5.41, 5.74) is 5.63. The van der Waals surface area contributed by atoms with Crippen molar-refractivity contribution in [2.45, 2.75) is 70.8 Å². The van der Waals surface area contributed by atoms with Crippen LogP contribution in [0.3, 0.4) is 0 Å². The predicted octanol–water partition coefficient (Wildman–Crippen LogP) is 2.77. The Bertz CT molecular complexity index is 299. The summed E-state index contributed by atoms with van der Waals surface area (Å²) < 4.78 is 0. The van der Waals surface area contributed by atoms with E-state index in [0.717, 1.165) is 51.1 Å². The lowest BCUT2D eigenvalue weighted by Crippen LogP contribution is -2.54. The average Bonchev–Trinajstić information content (AvgIpc) is 2.64. The Kier molecular flexibility index (Phi) is 5.49. The molecule has 3 N–H and O–H groups in total. The van der Waals surface area contributed by atoms with Gasteiger partial charge in [0.25, 0.3) is 0 Å². The normalized spacial score (nSPS) is 40.5. The van der Waals surface area contributed by atoms with Gasteiger partial charge in [0.05, 0.1) is 5.60 Å². The molecule has 1 saturated heterocycles. The minimum atomic E-state index is -0.523. The summed E-state index contributed by atoms with van der Waals surface area (Å²) in [4.78, 5) is 2.52. The van der Waals surface area contributed by atoms with Crippen LogP contribution in [0.2, 0.25) is 0 Å². The van der Waals surface area contributed by atoms with Gasteiger partial charge in [0, 0.05) is 18.5 Å². The molecule has 3 heteroatoms. The molecule has 3 nitrogen and oxygen atoms in total. The van der Waals surface area contributed by atoms with Crippen LogP contribution in [0.1, 0.15) is 65.2 Å². The van der Waals surface area contributed by atoms with Crippen molar-refractivity contribution in [3.63, 3.8) is 0 Å². The molecule has 1 unspecified atom stereocenters. The number of rotatable bonds is 4. The number of likely N-dealkylation sites (tertiary alicyclic amines) is 1. The topological polar surface area (TPSA) is 49.5 Å². The fourth-order valence-corrected chi connectivity index (χ4v) is 4.42. The van der Waals surface area contributed by atoms with Crippen molar-refractivity contribution in [3.05, 3.63) is 0 Å². The highest BCUT2D eigenvalue weighted by atomic mass is 16.3. The van der Waals surface area contributed by atoms with Crippen molar-refractivity contribution in [1.29, 1.82) is 0 Å². The zero-order valence-electron chi connectivity index (χ0n) is 13.5. The van der Waals surface area contributed by atoms with Gasteiger partial charge in [-0.3, -0.25) is 0 Å². The average molecular weight is 282 g/mol. The van der Waals surface area contributed by atoms with E-state index in [0.29, 0.717) is 6.54 Å². The van der Waals surface area contributed by atoms with Gasteiger partial charge < -0.3 is 15.7 Å². The zero-order chi connectivity index (χ0) is 14.6. The van der Waals surface area contributed by atoms with Crippen molar-refractivity contribution in [2.24, 2.45) is 17.1 Å². The van der Waals surface area contributed by atoms with Crippen LogP contribution in [0.15, 0.2) is 0 Å². The highest BCUT2D eigenvalue weighted by molar-refractivity contribution is 5.03. The summed E-state index contributed by atoms with van der Waals surface area (Å²) in [5, 5.41) is 11.4. The molecule has 1 atom stereocenters. The van der Waals surface area contributed by atoms with Gasteiger partial charge in [-0.2, -0.15) is 0 Å². The van der Waals surface area contributed by atoms with Gasteiger partial charge >= 0.3 is 0 Å². The molecule has 2 rings (SSSR count). The van der Waals surface area contributed by atoms with Gasteiger partial charge in [-0.1, -0.05) is 26.7 Å². The first-order chi connectivity index (χ1) is 9.55. The van der Waals surface area contributed by atoms with Gasteiger partial charge in [0.15, 0.2) is 0 Å². The molecule has 0 aromatic heterocycles. The molecule has 0 radical (unpaired) electrons. The highest BCUT2D eigenvalue weighted by Gasteiger charge is 2.50. The van der Waals surface area contributed by atoms with Gasteiger partial charge in [0.1, 0.15) is 0 Å². The number of nitrogens with two attached hydrogens (primary N) is 1. The Morgan fingerprint density at radius 3 is 2.45 bits per heavy atom. The number of nitrogens with zero attached hydrogens (tertiary/aromatic N) is 1. The summed E-state index contributed by atoms with van der Waals surface area (Å²) in [6.07, 6.45) is 8.89. The summed E-state index contributed by atoms with van der Waals surface area (Å²) >= 11 is 0. The van der Waals surface area contributed by atoms with E-state index in [4.69, 9.17) is 5.73 Å². The molecule has 1 saturated carbocycles. The molecule has 0 aromatic rings. The van der Waals surface area contributed by atoms with Crippen molar-refractivity contribution in [1.82, 2.24) is 4.90 Å². The quantitative estimate of drug-likeness (QED) is 0.833. The van der Waals surface area contributed by atoms with Crippen molar-refractivity contribution in [3.8, 4) is 0 Å². The van der Waals surface area contributed by atoms with Gasteiger partial charge in [0.2, 0.25) is 0 Å². The minimum Gasteiger partial charge on any atom is -0.389 e. The third-order valence-corrected chi connectivity index (χ3v) is 6.06. The summed E-state index contributed by atoms with van der Waals surface area (Å²) in [6.45, 7) is 8.59. The molecule has 0 aromatic carbocycles. The second kappa shape index (κ2) is 6.76. The third-order valence-electron chi connectivity index (χ3n) is 6.06. The Morgan fingerprint density at radius 1 is 1.15 bits per heavy atom. The van der Waals surface area contributed by atoms with Crippen LogP contribution in [0.25, 0.3) is 0 Å². The van der Waals surface area contributed by atoms with E-state index >= 15 is 0 Å². The molecule has 1 aliphatic carbocycles.